The Morgan fingerprint density at radius 3 is 2.58 bits per heavy atom. The van der Waals surface area contributed by atoms with Crippen molar-refractivity contribution in [1.29, 1.82) is 0 Å². The molecule has 2 heterocycles. The van der Waals surface area contributed by atoms with Gasteiger partial charge in [0.05, 0.1) is 34.0 Å². The predicted molar refractivity (Wildman–Crippen MR) is 125 cm³/mol. The van der Waals surface area contributed by atoms with Crippen LogP contribution < -0.4 is 5.32 Å². The highest BCUT2D eigenvalue weighted by molar-refractivity contribution is 7.89. The number of aromatic nitrogens is 2. The SMILES string of the molecule is O=C(Nc1cnn(Cc2cccc(F)c2)c1)c1cc(S(=O)(=O)N2CCCCC2)c(Cl)cc1Cl. The molecule has 0 radical (unpaired) electrons. The molecular formula is C22H21Cl2FN4O3S. The van der Waals surface area contributed by atoms with Crippen molar-refractivity contribution in [2.75, 3.05) is 18.4 Å². The molecule has 0 atom stereocenters. The zero-order chi connectivity index (χ0) is 23.6. The Kier molecular flexibility index (Phi) is 7.04. The van der Waals surface area contributed by atoms with Crippen LogP contribution in [-0.4, -0.2) is 41.5 Å². The zero-order valence-corrected chi connectivity index (χ0v) is 19.8. The summed E-state index contributed by atoms with van der Waals surface area (Å²) < 4.78 is 42.5. The van der Waals surface area contributed by atoms with Crippen molar-refractivity contribution in [2.24, 2.45) is 0 Å². The van der Waals surface area contributed by atoms with Gasteiger partial charge in [-0.25, -0.2) is 12.8 Å². The Morgan fingerprint density at radius 1 is 1.09 bits per heavy atom. The molecule has 1 aliphatic heterocycles. The maximum absolute atomic E-state index is 13.4. The van der Waals surface area contributed by atoms with E-state index in [-0.39, 0.29) is 26.3 Å². The molecule has 1 saturated heterocycles. The minimum atomic E-state index is -3.86. The molecule has 174 valence electrons. The van der Waals surface area contributed by atoms with Crippen molar-refractivity contribution in [3.05, 3.63) is 75.8 Å². The first-order valence-corrected chi connectivity index (χ1v) is 12.5. The van der Waals surface area contributed by atoms with Gasteiger partial charge in [0.25, 0.3) is 5.91 Å². The first kappa shape index (κ1) is 23.7. The molecule has 2 aromatic carbocycles. The molecule has 0 saturated carbocycles. The van der Waals surface area contributed by atoms with E-state index < -0.39 is 15.9 Å². The van der Waals surface area contributed by atoms with Gasteiger partial charge in [-0.2, -0.15) is 9.40 Å². The van der Waals surface area contributed by atoms with E-state index in [0.29, 0.717) is 30.9 Å². The summed E-state index contributed by atoms with van der Waals surface area (Å²) in [6.45, 7) is 1.13. The number of rotatable bonds is 6. The number of piperidine rings is 1. The highest BCUT2D eigenvalue weighted by Crippen LogP contribution is 2.32. The Morgan fingerprint density at radius 2 is 1.85 bits per heavy atom. The molecule has 0 unspecified atom stereocenters. The van der Waals surface area contributed by atoms with Crippen LogP contribution in [0.4, 0.5) is 10.1 Å². The number of sulfonamides is 1. The number of anilines is 1. The Hall–Kier alpha value is -2.46. The normalized spacial score (nSPS) is 14.9. The third-order valence-electron chi connectivity index (χ3n) is 5.32. The smallest absolute Gasteiger partial charge is 0.257 e. The van der Waals surface area contributed by atoms with Crippen LogP contribution in [0, 0.1) is 5.82 Å². The molecule has 0 aliphatic carbocycles. The second-order valence-corrected chi connectivity index (χ2v) is 10.5. The van der Waals surface area contributed by atoms with Gasteiger partial charge in [-0.1, -0.05) is 41.8 Å². The molecule has 1 fully saturated rings. The van der Waals surface area contributed by atoms with Gasteiger partial charge in [0.2, 0.25) is 10.0 Å². The minimum absolute atomic E-state index is 0.0190. The third-order valence-corrected chi connectivity index (χ3v) is 8.00. The molecule has 33 heavy (non-hydrogen) atoms. The number of nitrogens with one attached hydrogen (secondary N) is 1. The van der Waals surface area contributed by atoms with Crippen molar-refractivity contribution < 1.29 is 17.6 Å². The number of nitrogens with zero attached hydrogens (tertiary/aromatic N) is 3. The number of carbonyl (C=O) groups is 1. The van der Waals surface area contributed by atoms with Gasteiger partial charge in [0, 0.05) is 19.3 Å². The first-order chi connectivity index (χ1) is 15.7. The van der Waals surface area contributed by atoms with Gasteiger partial charge in [-0.05, 0) is 42.7 Å². The second kappa shape index (κ2) is 9.80. The largest absolute Gasteiger partial charge is 0.319 e. The van der Waals surface area contributed by atoms with Crippen LogP contribution in [-0.2, 0) is 16.6 Å². The molecule has 1 N–H and O–H groups in total. The van der Waals surface area contributed by atoms with Crippen molar-refractivity contribution in [1.82, 2.24) is 14.1 Å². The monoisotopic (exact) mass is 510 g/mol. The molecule has 4 rings (SSSR count). The van der Waals surface area contributed by atoms with Gasteiger partial charge in [-0.15, -0.1) is 0 Å². The number of carbonyl (C=O) groups excluding carboxylic acids is 1. The van der Waals surface area contributed by atoms with Crippen molar-refractivity contribution >= 4 is 44.8 Å². The Bertz CT molecular complexity index is 1290. The van der Waals surface area contributed by atoms with E-state index in [4.69, 9.17) is 23.2 Å². The van der Waals surface area contributed by atoms with Gasteiger partial charge in [0.15, 0.2) is 0 Å². The maximum Gasteiger partial charge on any atom is 0.257 e. The second-order valence-electron chi connectivity index (χ2n) is 7.74. The molecule has 3 aromatic rings. The van der Waals surface area contributed by atoms with Crippen molar-refractivity contribution in [3.8, 4) is 0 Å². The Balaban J connectivity index is 1.54. The maximum atomic E-state index is 13.4. The molecule has 1 amide bonds. The topological polar surface area (TPSA) is 84.3 Å². The lowest BCUT2D eigenvalue weighted by Gasteiger charge is -2.26. The van der Waals surface area contributed by atoms with Crippen LogP contribution in [0.25, 0.3) is 0 Å². The standard InChI is InChI=1S/C22H21Cl2FN4O3S/c23-19-11-20(24)21(33(31,32)29-7-2-1-3-8-29)10-18(19)22(30)27-17-12-26-28(14-17)13-15-5-4-6-16(25)9-15/h4-6,9-12,14H,1-3,7-8,13H2,(H,27,30). The molecule has 1 aliphatic rings. The van der Waals surface area contributed by atoms with Crippen molar-refractivity contribution in [2.45, 2.75) is 30.7 Å². The van der Waals surface area contributed by atoms with Crippen LogP contribution in [0.5, 0.6) is 0 Å². The summed E-state index contributed by atoms with van der Waals surface area (Å²) in [5.41, 5.74) is 1.07. The van der Waals surface area contributed by atoms with Gasteiger partial charge in [-0.3, -0.25) is 9.48 Å². The molecule has 0 bridgehead atoms. The van der Waals surface area contributed by atoms with Gasteiger partial charge >= 0.3 is 0 Å². The van der Waals surface area contributed by atoms with Crippen LogP contribution in [0.2, 0.25) is 10.0 Å². The van der Waals surface area contributed by atoms with E-state index in [1.165, 1.54) is 34.8 Å². The highest BCUT2D eigenvalue weighted by atomic mass is 35.5. The number of amides is 1. The van der Waals surface area contributed by atoms with Gasteiger partial charge in [0.1, 0.15) is 10.7 Å². The lowest BCUT2D eigenvalue weighted by atomic mass is 10.2. The first-order valence-electron chi connectivity index (χ1n) is 10.3. The zero-order valence-electron chi connectivity index (χ0n) is 17.5. The molecule has 7 nitrogen and oxygen atoms in total. The number of halogens is 3. The van der Waals surface area contributed by atoms with Crippen LogP contribution in [0.3, 0.4) is 0 Å². The molecule has 0 spiro atoms. The Labute approximate surface area is 201 Å². The summed E-state index contributed by atoms with van der Waals surface area (Å²) in [6.07, 6.45) is 5.54. The molecular weight excluding hydrogens is 490 g/mol. The van der Waals surface area contributed by atoms with Crippen LogP contribution in [0.15, 0.2) is 53.7 Å². The lowest BCUT2D eigenvalue weighted by molar-refractivity contribution is 0.102. The average Bonchev–Trinajstić information content (AvgIpc) is 3.20. The number of benzene rings is 2. The van der Waals surface area contributed by atoms with E-state index in [9.17, 15) is 17.6 Å². The predicted octanol–water partition coefficient (Wildman–Crippen LogP) is 4.80. The summed E-state index contributed by atoms with van der Waals surface area (Å²) in [4.78, 5) is 12.7. The van der Waals surface area contributed by atoms with E-state index in [2.05, 4.69) is 10.4 Å². The number of hydrogen-bond donors (Lipinski definition) is 1. The van der Waals surface area contributed by atoms with Crippen LogP contribution >= 0.6 is 23.2 Å². The van der Waals surface area contributed by atoms with E-state index in [0.717, 1.165) is 19.3 Å². The van der Waals surface area contributed by atoms with E-state index >= 15 is 0 Å². The van der Waals surface area contributed by atoms with E-state index in [1.54, 1.807) is 23.0 Å². The fraction of sp³-hybridized carbons (Fsp3) is 0.273. The van der Waals surface area contributed by atoms with E-state index in [1.807, 2.05) is 0 Å². The fourth-order valence-electron chi connectivity index (χ4n) is 3.68. The summed E-state index contributed by atoms with van der Waals surface area (Å²) in [7, 11) is -3.86. The molecule has 1 aromatic heterocycles. The quantitative estimate of drug-likeness (QED) is 0.515. The lowest BCUT2D eigenvalue weighted by Crippen LogP contribution is -2.35. The number of hydrogen-bond acceptors (Lipinski definition) is 4. The minimum Gasteiger partial charge on any atom is -0.319 e. The third kappa shape index (κ3) is 5.38. The van der Waals surface area contributed by atoms with Gasteiger partial charge < -0.3 is 5.32 Å². The fourth-order valence-corrected chi connectivity index (χ4v) is 6.03. The summed E-state index contributed by atoms with van der Waals surface area (Å²) in [5, 5.41) is 6.82. The van der Waals surface area contributed by atoms with Crippen molar-refractivity contribution in [3.63, 3.8) is 0 Å². The summed E-state index contributed by atoms with van der Waals surface area (Å²) in [6, 6.07) is 8.60. The average molecular weight is 511 g/mol. The summed E-state index contributed by atoms with van der Waals surface area (Å²) in [5.74, 6) is -0.946. The van der Waals surface area contributed by atoms with Crippen LogP contribution in [0.1, 0.15) is 35.2 Å². The highest BCUT2D eigenvalue weighted by Gasteiger charge is 2.30. The summed E-state index contributed by atoms with van der Waals surface area (Å²) >= 11 is 12.4. The molecule has 11 heteroatoms.